The highest BCUT2D eigenvalue weighted by Crippen LogP contribution is 2.28. The zero-order valence-electron chi connectivity index (χ0n) is 9.80. The molecule has 96 valence electrons. The molecule has 1 aliphatic carbocycles. The Bertz CT molecular complexity index is 471. The Balaban J connectivity index is 2.13. The molecular weight excluding hydrogens is 237 g/mol. The molecule has 1 aromatic rings. The van der Waals surface area contributed by atoms with Crippen molar-refractivity contribution in [2.24, 2.45) is 0 Å². The topological polar surface area (TPSA) is 57.6 Å². The van der Waals surface area contributed by atoms with Crippen LogP contribution in [0.25, 0.3) is 0 Å². The fourth-order valence-corrected chi connectivity index (χ4v) is 1.84. The zero-order valence-corrected chi connectivity index (χ0v) is 9.80. The van der Waals surface area contributed by atoms with Gasteiger partial charge >= 0.3 is 5.97 Å². The van der Waals surface area contributed by atoms with E-state index >= 15 is 0 Å². The van der Waals surface area contributed by atoms with Crippen LogP contribution in [0.5, 0.6) is 0 Å². The Morgan fingerprint density at radius 3 is 2.56 bits per heavy atom. The van der Waals surface area contributed by atoms with E-state index in [1.54, 1.807) is 6.07 Å². The number of carbonyl (C=O) groups excluding carboxylic acids is 1. The SMILES string of the molecule is O=C(O)CCN(C(=O)c1ccccc1F)C1CC1. The molecule has 4 nitrogen and oxygen atoms in total. The number of benzene rings is 1. The van der Waals surface area contributed by atoms with E-state index < -0.39 is 17.7 Å². The summed E-state index contributed by atoms with van der Waals surface area (Å²) in [5.41, 5.74) is 0.00906. The average Bonchev–Trinajstić information content (AvgIpc) is 3.13. The van der Waals surface area contributed by atoms with E-state index in [0.29, 0.717) is 0 Å². The van der Waals surface area contributed by atoms with Crippen LogP contribution in [0.3, 0.4) is 0 Å². The zero-order chi connectivity index (χ0) is 13.1. The molecule has 0 aromatic heterocycles. The van der Waals surface area contributed by atoms with Crippen LogP contribution in [0.4, 0.5) is 4.39 Å². The minimum atomic E-state index is -0.956. The van der Waals surface area contributed by atoms with Gasteiger partial charge in [0.2, 0.25) is 0 Å². The molecule has 0 heterocycles. The molecule has 0 atom stereocenters. The smallest absolute Gasteiger partial charge is 0.305 e. The van der Waals surface area contributed by atoms with E-state index in [2.05, 4.69) is 0 Å². The third-order valence-corrected chi connectivity index (χ3v) is 2.92. The molecule has 0 radical (unpaired) electrons. The van der Waals surface area contributed by atoms with Crippen LogP contribution in [-0.2, 0) is 4.79 Å². The summed E-state index contributed by atoms with van der Waals surface area (Å²) in [6.07, 6.45) is 1.61. The van der Waals surface area contributed by atoms with Gasteiger partial charge in [0.25, 0.3) is 5.91 Å². The monoisotopic (exact) mass is 251 g/mol. The molecule has 18 heavy (non-hydrogen) atoms. The van der Waals surface area contributed by atoms with Crippen molar-refractivity contribution < 1.29 is 19.1 Å². The van der Waals surface area contributed by atoms with E-state index in [1.807, 2.05) is 0 Å². The van der Waals surface area contributed by atoms with Crippen molar-refractivity contribution in [2.45, 2.75) is 25.3 Å². The lowest BCUT2D eigenvalue weighted by Gasteiger charge is -2.21. The van der Waals surface area contributed by atoms with Crippen LogP contribution in [0.2, 0.25) is 0 Å². The normalized spacial score (nSPS) is 14.3. The summed E-state index contributed by atoms with van der Waals surface area (Å²) >= 11 is 0. The van der Waals surface area contributed by atoms with Crippen LogP contribution in [-0.4, -0.2) is 34.5 Å². The molecule has 5 heteroatoms. The summed E-state index contributed by atoms with van der Waals surface area (Å²) in [7, 11) is 0. The number of aliphatic carboxylic acids is 1. The highest BCUT2D eigenvalue weighted by molar-refractivity contribution is 5.95. The van der Waals surface area contributed by atoms with Gasteiger partial charge in [-0.1, -0.05) is 12.1 Å². The summed E-state index contributed by atoms with van der Waals surface area (Å²) in [5.74, 6) is -1.94. The molecule has 1 aromatic carbocycles. The summed E-state index contributed by atoms with van der Waals surface area (Å²) in [4.78, 5) is 24.2. The van der Waals surface area contributed by atoms with Crippen molar-refractivity contribution >= 4 is 11.9 Å². The minimum absolute atomic E-state index is 0.00906. The van der Waals surface area contributed by atoms with Crippen LogP contribution in [0, 0.1) is 5.82 Å². The number of rotatable bonds is 5. The molecule has 0 saturated heterocycles. The van der Waals surface area contributed by atoms with Crippen molar-refractivity contribution in [3.05, 3.63) is 35.6 Å². The third-order valence-electron chi connectivity index (χ3n) is 2.92. The van der Waals surface area contributed by atoms with Gasteiger partial charge in [0.1, 0.15) is 5.82 Å². The van der Waals surface area contributed by atoms with Gasteiger partial charge in [0.15, 0.2) is 0 Å². The Hall–Kier alpha value is -1.91. The first kappa shape index (κ1) is 12.5. The largest absolute Gasteiger partial charge is 0.481 e. The fourth-order valence-electron chi connectivity index (χ4n) is 1.84. The lowest BCUT2D eigenvalue weighted by molar-refractivity contribution is -0.137. The number of amides is 1. The summed E-state index contributed by atoms with van der Waals surface area (Å²) < 4.78 is 13.5. The lowest BCUT2D eigenvalue weighted by Crippen LogP contribution is -2.35. The lowest BCUT2D eigenvalue weighted by atomic mass is 10.1. The maximum absolute atomic E-state index is 13.5. The van der Waals surface area contributed by atoms with Crippen LogP contribution in [0.1, 0.15) is 29.6 Å². The van der Waals surface area contributed by atoms with Gasteiger partial charge in [-0.2, -0.15) is 0 Å². The number of halogens is 1. The molecule has 1 amide bonds. The number of nitrogens with zero attached hydrogens (tertiary/aromatic N) is 1. The number of hydrogen-bond acceptors (Lipinski definition) is 2. The number of carboxylic acids is 1. The van der Waals surface area contributed by atoms with Gasteiger partial charge in [0.05, 0.1) is 12.0 Å². The van der Waals surface area contributed by atoms with Gasteiger partial charge in [-0.15, -0.1) is 0 Å². The molecule has 0 unspecified atom stereocenters. The second-order valence-corrected chi connectivity index (χ2v) is 4.35. The molecule has 0 spiro atoms. The highest BCUT2D eigenvalue weighted by Gasteiger charge is 2.33. The first-order valence-corrected chi connectivity index (χ1v) is 5.87. The number of carbonyl (C=O) groups is 2. The van der Waals surface area contributed by atoms with E-state index in [0.717, 1.165) is 12.8 Å². The van der Waals surface area contributed by atoms with Crippen molar-refractivity contribution in [1.29, 1.82) is 0 Å². The molecule has 0 aliphatic heterocycles. The van der Waals surface area contributed by atoms with Gasteiger partial charge in [0, 0.05) is 12.6 Å². The fraction of sp³-hybridized carbons (Fsp3) is 0.385. The van der Waals surface area contributed by atoms with E-state index in [4.69, 9.17) is 5.11 Å². The first-order chi connectivity index (χ1) is 8.59. The van der Waals surface area contributed by atoms with Gasteiger partial charge in [-0.3, -0.25) is 9.59 Å². The summed E-state index contributed by atoms with van der Waals surface area (Å²) in [6, 6.07) is 5.84. The van der Waals surface area contributed by atoms with Gasteiger partial charge < -0.3 is 10.0 Å². The standard InChI is InChI=1S/C13H14FNO3/c14-11-4-2-1-3-10(11)13(18)15(9-5-6-9)8-7-12(16)17/h1-4,9H,5-8H2,(H,16,17). The molecule has 0 bridgehead atoms. The maximum Gasteiger partial charge on any atom is 0.305 e. The highest BCUT2D eigenvalue weighted by atomic mass is 19.1. The van der Waals surface area contributed by atoms with Gasteiger partial charge in [-0.25, -0.2) is 4.39 Å². The van der Waals surface area contributed by atoms with Crippen molar-refractivity contribution in [3.8, 4) is 0 Å². The van der Waals surface area contributed by atoms with Gasteiger partial charge in [-0.05, 0) is 25.0 Å². The second-order valence-electron chi connectivity index (χ2n) is 4.35. The Morgan fingerprint density at radius 2 is 2.00 bits per heavy atom. The summed E-state index contributed by atoms with van der Waals surface area (Å²) in [5, 5.41) is 8.66. The molecule has 1 saturated carbocycles. The third kappa shape index (κ3) is 2.85. The average molecular weight is 251 g/mol. The van der Waals surface area contributed by atoms with Crippen molar-refractivity contribution in [1.82, 2.24) is 4.90 Å². The Kier molecular flexibility index (Phi) is 3.60. The number of carboxylic acid groups (broad SMARTS) is 1. The van der Waals surface area contributed by atoms with Crippen LogP contribution in [0.15, 0.2) is 24.3 Å². The summed E-state index contributed by atoms with van der Waals surface area (Å²) in [6.45, 7) is 0.132. The first-order valence-electron chi connectivity index (χ1n) is 5.87. The minimum Gasteiger partial charge on any atom is -0.481 e. The number of hydrogen-bond donors (Lipinski definition) is 1. The maximum atomic E-state index is 13.5. The molecular formula is C13H14FNO3. The molecule has 1 fully saturated rings. The molecule has 1 aliphatic rings. The second kappa shape index (κ2) is 5.16. The Labute approximate surface area is 104 Å². The predicted octanol–water partition coefficient (Wildman–Crippen LogP) is 1.91. The van der Waals surface area contributed by atoms with Crippen molar-refractivity contribution in [3.63, 3.8) is 0 Å². The van der Waals surface area contributed by atoms with E-state index in [-0.39, 0.29) is 24.6 Å². The quantitative estimate of drug-likeness (QED) is 0.869. The van der Waals surface area contributed by atoms with E-state index in [9.17, 15) is 14.0 Å². The van der Waals surface area contributed by atoms with Crippen LogP contribution < -0.4 is 0 Å². The van der Waals surface area contributed by atoms with Crippen molar-refractivity contribution in [2.75, 3.05) is 6.54 Å². The molecule has 2 rings (SSSR count). The predicted molar refractivity (Wildman–Crippen MR) is 62.7 cm³/mol. The Morgan fingerprint density at radius 1 is 1.33 bits per heavy atom. The van der Waals surface area contributed by atoms with Crippen LogP contribution >= 0.6 is 0 Å². The molecule has 1 N–H and O–H groups in total. The van der Waals surface area contributed by atoms with E-state index in [1.165, 1.54) is 23.1 Å².